The number of hydrogen-bond acceptors (Lipinski definition) is 5. The van der Waals surface area contributed by atoms with Crippen LogP contribution in [0.15, 0.2) is 18.3 Å². The van der Waals surface area contributed by atoms with Crippen LogP contribution in [-0.4, -0.2) is 53.7 Å². The Morgan fingerprint density at radius 1 is 1.57 bits per heavy atom. The number of carbonyl (C=O) groups is 1. The lowest BCUT2D eigenvalue weighted by Gasteiger charge is -2.55. The monoisotopic (exact) mass is 319 g/mol. The summed E-state index contributed by atoms with van der Waals surface area (Å²) in [5.74, 6) is 0.677. The fourth-order valence-corrected chi connectivity index (χ4v) is 4.48. The van der Waals surface area contributed by atoms with Crippen molar-refractivity contribution in [2.45, 2.75) is 20.3 Å². The van der Waals surface area contributed by atoms with Crippen molar-refractivity contribution in [1.82, 2.24) is 9.88 Å². The van der Waals surface area contributed by atoms with E-state index in [-0.39, 0.29) is 23.3 Å². The summed E-state index contributed by atoms with van der Waals surface area (Å²) in [6.45, 7) is 6.52. The van der Waals surface area contributed by atoms with E-state index in [4.69, 9.17) is 10.5 Å². The van der Waals surface area contributed by atoms with Gasteiger partial charge in [0.25, 0.3) is 5.91 Å². The van der Waals surface area contributed by atoms with Crippen molar-refractivity contribution in [2.24, 2.45) is 22.5 Å². The van der Waals surface area contributed by atoms with Gasteiger partial charge in [0.1, 0.15) is 6.61 Å². The number of aromatic nitrogens is 1. The molecule has 0 bridgehead atoms. The van der Waals surface area contributed by atoms with E-state index in [1.165, 1.54) is 0 Å². The van der Waals surface area contributed by atoms with Crippen LogP contribution in [-0.2, 0) is 0 Å². The molecule has 2 heterocycles. The largest absolute Gasteiger partial charge is 0.490 e. The van der Waals surface area contributed by atoms with Gasteiger partial charge < -0.3 is 20.5 Å². The number of rotatable bonds is 5. The SMILES string of the molecule is CC1(C)C[C@]2(CO)CN(C(=O)c3ncccc3OCCN)C[C@H]12. The first kappa shape index (κ1) is 16.2. The minimum atomic E-state index is -0.147. The van der Waals surface area contributed by atoms with Crippen LogP contribution in [0.25, 0.3) is 0 Å². The Labute approximate surface area is 136 Å². The lowest BCUT2D eigenvalue weighted by Crippen LogP contribution is -2.54. The van der Waals surface area contributed by atoms with Crippen LogP contribution in [0.2, 0.25) is 0 Å². The number of aliphatic hydroxyl groups is 1. The van der Waals surface area contributed by atoms with Crippen molar-refractivity contribution < 1.29 is 14.6 Å². The lowest BCUT2D eigenvalue weighted by atomic mass is 9.48. The molecule has 0 unspecified atom stereocenters. The molecule has 3 N–H and O–H groups in total. The summed E-state index contributed by atoms with van der Waals surface area (Å²) in [4.78, 5) is 18.9. The van der Waals surface area contributed by atoms with Crippen LogP contribution in [0.3, 0.4) is 0 Å². The van der Waals surface area contributed by atoms with Crippen LogP contribution < -0.4 is 10.5 Å². The summed E-state index contributed by atoms with van der Waals surface area (Å²) in [6.07, 6.45) is 2.54. The van der Waals surface area contributed by atoms with Crippen LogP contribution >= 0.6 is 0 Å². The molecule has 1 aliphatic heterocycles. The van der Waals surface area contributed by atoms with Gasteiger partial charge in [-0.3, -0.25) is 4.79 Å². The molecule has 1 aromatic heterocycles. The van der Waals surface area contributed by atoms with E-state index in [1.807, 2.05) is 4.90 Å². The van der Waals surface area contributed by atoms with Gasteiger partial charge >= 0.3 is 0 Å². The molecule has 2 aliphatic rings. The highest BCUT2D eigenvalue weighted by Crippen LogP contribution is 2.62. The minimum Gasteiger partial charge on any atom is -0.490 e. The number of hydrogen-bond donors (Lipinski definition) is 2. The van der Waals surface area contributed by atoms with Gasteiger partial charge in [-0.1, -0.05) is 13.8 Å². The number of carbonyl (C=O) groups excluding carboxylic acids is 1. The van der Waals surface area contributed by atoms with E-state index in [0.29, 0.717) is 43.6 Å². The highest BCUT2D eigenvalue weighted by atomic mass is 16.5. The Bertz CT molecular complexity index is 605. The number of ether oxygens (including phenoxy) is 1. The van der Waals surface area contributed by atoms with Crippen molar-refractivity contribution in [2.75, 3.05) is 32.8 Å². The smallest absolute Gasteiger partial charge is 0.276 e. The van der Waals surface area contributed by atoms with Crippen LogP contribution in [0.5, 0.6) is 5.75 Å². The molecule has 1 saturated heterocycles. The van der Waals surface area contributed by atoms with Crippen LogP contribution in [0.1, 0.15) is 30.8 Å². The number of nitrogens with zero attached hydrogens (tertiary/aromatic N) is 2. The maximum Gasteiger partial charge on any atom is 0.276 e. The van der Waals surface area contributed by atoms with Crippen molar-refractivity contribution in [3.8, 4) is 5.75 Å². The summed E-state index contributed by atoms with van der Waals surface area (Å²) in [5.41, 5.74) is 5.81. The molecule has 2 fully saturated rings. The van der Waals surface area contributed by atoms with E-state index >= 15 is 0 Å². The van der Waals surface area contributed by atoms with Gasteiger partial charge in [0.05, 0.1) is 6.61 Å². The molecule has 6 nitrogen and oxygen atoms in total. The van der Waals surface area contributed by atoms with Gasteiger partial charge in [0, 0.05) is 31.2 Å². The highest BCUT2D eigenvalue weighted by molar-refractivity contribution is 5.95. The summed E-state index contributed by atoms with van der Waals surface area (Å²) < 4.78 is 5.54. The quantitative estimate of drug-likeness (QED) is 0.842. The molecule has 23 heavy (non-hydrogen) atoms. The molecular formula is C17H25N3O3. The Balaban J connectivity index is 1.80. The van der Waals surface area contributed by atoms with Gasteiger partial charge in [-0.05, 0) is 29.9 Å². The summed E-state index contributed by atoms with van der Waals surface area (Å²) >= 11 is 0. The first-order valence-corrected chi connectivity index (χ1v) is 8.11. The Hall–Kier alpha value is -1.66. The van der Waals surface area contributed by atoms with Gasteiger partial charge in [-0.15, -0.1) is 0 Å². The molecule has 0 radical (unpaired) electrons. The number of pyridine rings is 1. The summed E-state index contributed by atoms with van der Waals surface area (Å²) in [7, 11) is 0. The average Bonchev–Trinajstić information content (AvgIpc) is 2.88. The number of likely N-dealkylation sites (tertiary alicyclic amines) is 1. The third-order valence-electron chi connectivity index (χ3n) is 5.35. The molecule has 0 spiro atoms. The molecule has 1 aliphatic carbocycles. The van der Waals surface area contributed by atoms with Crippen molar-refractivity contribution >= 4 is 5.91 Å². The third kappa shape index (κ3) is 2.60. The first-order valence-electron chi connectivity index (χ1n) is 8.11. The number of aliphatic hydroxyl groups excluding tert-OH is 1. The molecule has 1 aromatic rings. The predicted molar refractivity (Wildman–Crippen MR) is 86.1 cm³/mol. The van der Waals surface area contributed by atoms with Gasteiger partial charge in [-0.2, -0.15) is 0 Å². The number of fused-ring (bicyclic) bond motifs is 1. The fraction of sp³-hybridized carbons (Fsp3) is 0.647. The molecule has 3 rings (SSSR count). The van der Waals surface area contributed by atoms with Crippen molar-refractivity contribution in [3.63, 3.8) is 0 Å². The molecule has 6 heteroatoms. The summed E-state index contributed by atoms with van der Waals surface area (Å²) in [6, 6.07) is 3.49. The van der Waals surface area contributed by atoms with Crippen molar-refractivity contribution in [3.05, 3.63) is 24.0 Å². The summed E-state index contributed by atoms with van der Waals surface area (Å²) in [5, 5.41) is 9.83. The van der Waals surface area contributed by atoms with Crippen LogP contribution in [0, 0.1) is 16.7 Å². The van der Waals surface area contributed by atoms with Crippen LogP contribution in [0.4, 0.5) is 0 Å². The van der Waals surface area contributed by atoms with Gasteiger partial charge in [0.15, 0.2) is 11.4 Å². The van der Waals surface area contributed by atoms with E-state index in [9.17, 15) is 9.90 Å². The lowest BCUT2D eigenvalue weighted by molar-refractivity contribution is -0.0977. The first-order chi connectivity index (χ1) is 10.9. The van der Waals surface area contributed by atoms with Gasteiger partial charge in [-0.25, -0.2) is 4.98 Å². The zero-order chi connectivity index (χ0) is 16.7. The Morgan fingerprint density at radius 3 is 2.96 bits per heavy atom. The van der Waals surface area contributed by atoms with E-state index in [0.717, 1.165) is 6.42 Å². The van der Waals surface area contributed by atoms with Crippen molar-refractivity contribution in [1.29, 1.82) is 0 Å². The number of amides is 1. The molecule has 1 saturated carbocycles. The fourth-order valence-electron chi connectivity index (χ4n) is 4.48. The zero-order valence-electron chi connectivity index (χ0n) is 13.8. The maximum atomic E-state index is 12.9. The topological polar surface area (TPSA) is 88.7 Å². The molecular weight excluding hydrogens is 294 g/mol. The second kappa shape index (κ2) is 5.76. The molecule has 126 valence electrons. The second-order valence-corrected chi connectivity index (χ2v) is 7.41. The third-order valence-corrected chi connectivity index (χ3v) is 5.35. The Morgan fingerprint density at radius 2 is 2.35 bits per heavy atom. The van der Waals surface area contributed by atoms with Gasteiger partial charge in [0.2, 0.25) is 0 Å². The predicted octanol–water partition coefficient (Wildman–Crippen LogP) is 0.900. The molecule has 2 atom stereocenters. The van der Waals surface area contributed by atoms with E-state index in [2.05, 4.69) is 18.8 Å². The molecule has 1 amide bonds. The maximum absolute atomic E-state index is 12.9. The minimum absolute atomic E-state index is 0.129. The zero-order valence-corrected chi connectivity index (χ0v) is 13.8. The average molecular weight is 319 g/mol. The normalized spacial score (nSPS) is 28.2. The standard InChI is InChI=1S/C17H25N3O3/c1-16(2)9-17(11-21)10-20(8-13(16)17)15(22)14-12(23-7-5-18)4-3-6-19-14/h3-4,6,13,21H,5,7-11,18H2,1-2H3/t13-,17-/m1/s1. The highest BCUT2D eigenvalue weighted by Gasteiger charge is 2.63. The van der Waals surface area contributed by atoms with E-state index in [1.54, 1.807) is 18.3 Å². The van der Waals surface area contributed by atoms with E-state index < -0.39 is 0 Å². The number of nitrogens with two attached hydrogens (primary N) is 1. The molecule has 0 aromatic carbocycles. The Kier molecular flexibility index (Phi) is 4.06. The second-order valence-electron chi connectivity index (χ2n) is 7.41.